The van der Waals surface area contributed by atoms with Crippen molar-refractivity contribution in [3.05, 3.63) is 64.7 Å². The Morgan fingerprint density at radius 2 is 1.81 bits per heavy atom. The normalized spacial score (nSPS) is 11.6. The number of urea groups is 1. The van der Waals surface area contributed by atoms with Crippen LogP contribution in [-0.4, -0.2) is 37.3 Å². The Morgan fingerprint density at radius 3 is 2.44 bits per heavy atom. The fourth-order valence-corrected chi connectivity index (χ4v) is 2.93. The zero-order valence-electron chi connectivity index (χ0n) is 17.6. The minimum absolute atomic E-state index is 0.0240. The molecule has 0 saturated heterocycles. The van der Waals surface area contributed by atoms with Gasteiger partial charge in [-0.25, -0.2) is 4.79 Å². The number of carbonyl (C=O) groups is 3. The van der Waals surface area contributed by atoms with Crippen LogP contribution in [0.25, 0.3) is 0 Å². The Morgan fingerprint density at radius 1 is 1.12 bits per heavy atom. The van der Waals surface area contributed by atoms with Gasteiger partial charge in [-0.2, -0.15) is 5.10 Å². The highest BCUT2D eigenvalue weighted by molar-refractivity contribution is 6.30. The van der Waals surface area contributed by atoms with Crippen LogP contribution in [0, 0.1) is 0 Å². The standard InChI is InChI=1S/C22H26ClN5O4/c1-2-32-21(30)11-12-25-20(29)13-19(16-5-7-17(23)8-6-16)28-22(31)27-18-9-3-15(4-10-18)14-26-24/h3-10,14,19H,2,11-13,24H2,1H3,(H,25,29)(H2,27,28,31). The molecule has 5 N–H and O–H groups in total. The molecule has 3 amide bonds. The molecule has 2 aromatic carbocycles. The number of anilines is 1. The molecule has 0 aliphatic heterocycles. The highest BCUT2D eigenvalue weighted by Crippen LogP contribution is 2.20. The molecule has 0 aliphatic rings. The first-order valence-corrected chi connectivity index (χ1v) is 10.4. The van der Waals surface area contributed by atoms with Crippen molar-refractivity contribution in [1.29, 1.82) is 0 Å². The molecule has 2 aromatic rings. The number of hydrogen-bond acceptors (Lipinski definition) is 6. The molecule has 170 valence electrons. The van der Waals surface area contributed by atoms with E-state index >= 15 is 0 Å². The quantitative estimate of drug-likeness (QED) is 0.187. The van der Waals surface area contributed by atoms with Gasteiger partial charge in [0.05, 0.1) is 31.7 Å². The molecule has 0 aliphatic carbocycles. The molecule has 32 heavy (non-hydrogen) atoms. The molecular weight excluding hydrogens is 434 g/mol. The van der Waals surface area contributed by atoms with E-state index in [1.807, 2.05) is 0 Å². The summed E-state index contributed by atoms with van der Waals surface area (Å²) in [6, 6.07) is 12.6. The molecule has 2 rings (SSSR count). The summed E-state index contributed by atoms with van der Waals surface area (Å²) >= 11 is 5.95. The second-order valence-electron chi connectivity index (χ2n) is 6.71. The number of nitrogens with two attached hydrogens (primary N) is 1. The average Bonchev–Trinajstić information content (AvgIpc) is 2.75. The lowest BCUT2D eigenvalue weighted by molar-refractivity contribution is -0.143. The van der Waals surface area contributed by atoms with Gasteiger partial charge in [-0.15, -0.1) is 0 Å². The first-order valence-electron chi connectivity index (χ1n) is 10.00. The number of halogens is 1. The third kappa shape index (κ3) is 8.65. The Bertz CT molecular complexity index is 932. The third-order valence-electron chi connectivity index (χ3n) is 4.32. The maximum atomic E-state index is 12.5. The van der Waals surface area contributed by atoms with Crippen molar-refractivity contribution in [2.45, 2.75) is 25.8 Å². The number of amides is 3. The van der Waals surface area contributed by atoms with Crippen LogP contribution in [0.4, 0.5) is 10.5 Å². The molecule has 1 unspecified atom stereocenters. The molecule has 1 atom stereocenters. The highest BCUT2D eigenvalue weighted by Gasteiger charge is 2.19. The molecule has 10 heteroatoms. The molecule has 0 spiro atoms. The van der Waals surface area contributed by atoms with Crippen molar-refractivity contribution < 1.29 is 19.1 Å². The van der Waals surface area contributed by atoms with Crippen LogP contribution in [0.2, 0.25) is 5.02 Å². The van der Waals surface area contributed by atoms with Gasteiger partial charge in [0.15, 0.2) is 0 Å². The van der Waals surface area contributed by atoms with Crippen molar-refractivity contribution in [3.8, 4) is 0 Å². The minimum atomic E-state index is -0.612. The van der Waals surface area contributed by atoms with Gasteiger partial charge in [0, 0.05) is 17.3 Å². The largest absolute Gasteiger partial charge is 0.466 e. The first kappa shape index (κ1) is 24.7. The lowest BCUT2D eigenvalue weighted by Gasteiger charge is -2.19. The highest BCUT2D eigenvalue weighted by atomic mass is 35.5. The van der Waals surface area contributed by atoms with Gasteiger partial charge < -0.3 is 26.5 Å². The van der Waals surface area contributed by atoms with E-state index in [9.17, 15) is 14.4 Å². The lowest BCUT2D eigenvalue weighted by Crippen LogP contribution is -2.36. The SMILES string of the molecule is CCOC(=O)CCNC(=O)CC(NC(=O)Nc1ccc(C=NN)cc1)c1ccc(Cl)cc1. The number of benzene rings is 2. The number of rotatable bonds is 10. The van der Waals surface area contributed by atoms with Gasteiger partial charge in [-0.05, 0) is 42.3 Å². The summed E-state index contributed by atoms with van der Waals surface area (Å²) in [4.78, 5) is 36.3. The fourth-order valence-electron chi connectivity index (χ4n) is 2.81. The van der Waals surface area contributed by atoms with Crippen LogP contribution in [0.15, 0.2) is 53.6 Å². The van der Waals surface area contributed by atoms with Gasteiger partial charge in [0.1, 0.15) is 0 Å². The van der Waals surface area contributed by atoms with Crippen LogP contribution in [0.5, 0.6) is 0 Å². The van der Waals surface area contributed by atoms with Crippen molar-refractivity contribution in [2.75, 3.05) is 18.5 Å². The first-order chi connectivity index (χ1) is 15.4. The van der Waals surface area contributed by atoms with E-state index in [1.54, 1.807) is 55.5 Å². The van der Waals surface area contributed by atoms with Crippen molar-refractivity contribution in [3.63, 3.8) is 0 Å². The zero-order valence-corrected chi connectivity index (χ0v) is 18.4. The summed E-state index contributed by atoms with van der Waals surface area (Å²) in [5.41, 5.74) is 2.06. The molecule has 0 fully saturated rings. The van der Waals surface area contributed by atoms with E-state index in [1.165, 1.54) is 6.21 Å². The van der Waals surface area contributed by atoms with Gasteiger partial charge >= 0.3 is 12.0 Å². The number of nitrogens with zero attached hydrogens (tertiary/aromatic N) is 1. The third-order valence-corrected chi connectivity index (χ3v) is 4.57. The molecule has 9 nitrogen and oxygen atoms in total. The van der Waals surface area contributed by atoms with Crippen molar-refractivity contribution >= 4 is 41.4 Å². The summed E-state index contributed by atoms with van der Waals surface area (Å²) in [5, 5.41) is 12.2. The van der Waals surface area contributed by atoms with Crippen molar-refractivity contribution in [1.82, 2.24) is 10.6 Å². The Hall–Kier alpha value is -3.59. The summed E-state index contributed by atoms with van der Waals surface area (Å²) < 4.78 is 4.83. The van der Waals surface area contributed by atoms with Gasteiger partial charge in [0.2, 0.25) is 5.91 Å². The van der Waals surface area contributed by atoms with Crippen LogP contribution in [0.1, 0.15) is 36.9 Å². The molecule has 0 heterocycles. The summed E-state index contributed by atoms with van der Waals surface area (Å²) in [6.45, 7) is 2.15. The second-order valence-corrected chi connectivity index (χ2v) is 7.15. The molecule has 0 saturated carbocycles. The summed E-state index contributed by atoms with van der Waals surface area (Å²) in [7, 11) is 0. The van der Waals surface area contributed by atoms with E-state index in [4.69, 9.17) is 22.2 Å². The molecule has 0 radical (unpaired) electrons. The van der Waals surface area contributed by atoms with Crippen molar-refractivity contribution in [2.24, 2.45) is 10.9 Å². The topological polar surface area (TPSA) is 135 Å². The predicted octanol–water partition coefficient (Wildman–Crippen LogP) is 2.95. The number of ether oxygens (including phenoxy) is 1. The maximum Gasteiger partial charge on any atom is 0.319 e. The number of hydrogen-bond donors (Lipinski definition) is 4. The number of hydrazone groups is 1. The van der Waals surface area contributed by atoms with Crippen LogP contribution < -0.4 is 21.8 Å². The number of esters is 1. The van der Waals surface area contributed by atoms with Gasteiger partial charge in [-0.1, -0.05) is 35.9 Å². The maximum absolute atomic E-state index is 12.5. The average molecular weight is 460 g/mol. The number of nitrogens with one attached hydrogen (secondary N) is 3. The van der Waals surface area contributed by atoms with E-state index < -0.39 is 12.1 Å². The van der Waals surface area contributed by atoms with Crippen LogP contribution in [0.3, 0.4) is 0 Å². The predicted molar refractivity (Wildman–Crippen MR) is 123 cm³/mol. The molecule has 0 bridgehead atoms. The van der Waals surface area contributed by atoms with E-state index in [2.05, 4.69) is 21.1 Å². The summed E-state index contributed by atoms with van der Waals surface area (Å²) in [6.07, 6.45) is 1.54. The molecule has 0 aromatic heterocycles. The van der Waals surface area contributed by atoms with E-state index in [0.717, 1.165) is 5.56 Å². The zero-order chi connectivity index (χ0) is 23.3. The minimum Gasteiger partial charge on any atom is -0.466 e. The van der Waals surface area contributed by atoms with Crippen LogP contribution in [-0.2, 0) is 14.3 Å². The van der Waals surface area contributed by atoms with Gasteiger partial charge in [-0.3, -0.25) is 9.59 Å². The Labute approximate surface area is 191 Å². The Balaban J connectivity index is 2.00. The van der Waals surface area contributed by atoms with E-state index in [0.29, 0.717) is 16.3 Å². The monoisotopic (exact) mass is 459 g/mol. The lowest BCUT2D eigenvalue weighted by atomic mass is 10.0. The molecular formula is C22H26ClN5O4. The summed E-state index contributed by atoms with van der Waals surface area (Å²) in [5.74, 6) is 4.42. The fraction of sp³-hybridized carbons (Fsp3) is 0.273. The van der Waals surface area contributed by atoms with Crippen LogP contribution >= 0.6 is 11.6 Å². The Kier molecular flexibility index (Phi) is 9.99. The second kappa shape index (κ2) is 13.0. The van der Waals surface area contributed by atoms with Gasteiger partial charge in [0.25, 0.3) is 0 Å². The smallest absolute Gasteiger partial charge is 0.319 e. The number of carbonyl (C=O) groups excluding carboxylic acids is 3. The van der Waals surface area contributed by atoms with E-state index in [-0.39, 0.29) is 37.9 Å².